The van der Waals surface area contributed by atoms with Crippen molar-refractivity contribution >= 4 is 5.97 Å². The molecular formula is C13H26N2O3. The van der Waals surface area contributed by atoms with Gasteiger partial charge in [-0.3, -0.25) is 4.79 Å². The largest absolute Gasteiger partial charge is 0.468 e. The van der Waals surface area contributed by atoms with Crippen molar-refractivity contribution in [2.24, 2.45) is 5.73 Å². The van der Waals surface area contributed by atoms with Crippen LogP contribution in [0.3, 0.4) is 0 Å². The van der Waals surface area contributed by atoms with E-state index in [4.69, 9.17) is 10.5 Å². The summed E-state index contributed by atoms with van der Waals surface area (Å²) in [7, 11) is 3.50. The van der Waals surface area contributed by atoms with Crippen molar-refractivity contribution in [2.45, 2.75) is 44.2 Å². The fourth-order valence-corrected chi connectivity index (χ4v) is 2.24. The first-order chi connectivity index (χ1) is 8.47. The van der Waals surface area contributed by atoms with Crippen LogP contribution < -0.4 is 5.73 Å². The molecule has 1 heterocycles. The van der Waals surface area contributed by atoms with Gasteiger partial charge in [-0.25, -0.2) is 0 Å². The van der Waals surface area contributed by atoms with Gasteiger partial charge in [-0.2, -0.15) is 0 Å². The first-order valence-corrected chi connectivity index (χ1v) is 6.62. The van der Waals surface area contributed by atoms with Gasteiger partial charge >= 0.3 is 5.97 Å². The summed E-state index contributed by atoms with van der Waals surface area (Å²) >= 11 is 0. The Hall–Kier alpha value is -0.650. The Labute approximate surface area is 110 Å². The lowest BCUT2D eigenvalue weighted by molar-refractivity contribution is -0.146. The van der Waals surface area contributed by atoms with Crippen LogP contribution in [-0.4, -0.2) is 56.4 Å². The monoisotopic (exact) mass is 258 g/mol. The normalized spacial score (nSPS) is 23.1. The summed E-state index contributed by atoms with van der Waals surface area (Å²) < 4.78 is 10.0. The third-order valence-electron chi connectivity index (χ3n) is 3.64. The molecule has 5 nitrogen and oxygen atoms in total. The highest BCUT2D eigenvalue weighted by Gasteiger charge is 2.28. The molecule has 2 unspecified atom stereocenters. The van der Waals surface area contributed by atoms with Crippen LogP contribution in [-0.2, 0) is 14.3 Å². The first kappa shape index (κ1) is 15.4. The summed E-state index contributed by atoms with van der Waals surface area (Å²) in [5, 5.41) is 0. The number of nitrogens with zero attached hydrogens (tertiary/aromatic N) is 1. The minimum atomic E-state index is -0.857. The van der Waals surface area contributed by atoms with Gasteiger partial charge in [0.1, 0.15) is 5.54 Å². The minimum absolute atomic E-state index is 0.333. The molecule has 5 heteroatoms. The molecule has 18 heavy (non-hydrogen) atoms. The molecule has 0 aromatic carbocycles. The molecule has 2 N–H and O–H groups in total. The summed E-state index contributed by atoms with van der Waals surface area (Å²) in [6, 6.07) is 0.551. The topological polar surface area (TPSA) is 64.8 Å². The average Bonchev–Trinajstić information content (AvgIpc) is 2.87. The number of esters is 1. The van der Waals surface area contributed by atoms with E-state index in [0.29, 0.717) is 12.5 Å². The molecule has 2 atom stereocenters. The standard InChI is InChI=1S/C13H26N2O3/c1-13(14,12(16)17-3)7-4-5-8-15(2)11-6-9-18-10-11/h11H,4-10,14H2,1-3H3. The second kappa shape index (κ2) is 7.07. The van der Waals surface area contributed by atoms with Gasteiger partial charge in [-0.1, -0.05) is 0 Å². The molecule has 0 aromatic heterocycles. The van der Waals surface area contributed by atoms with E-state index in [1.54, 1.807) is 6.92 Å². The van der Waals surface area contributed by atoms with E-state index in [2.05, 4.69) is 16.7 Å². The van der Waals surface area contributed by atoms with Crippen LogP contribution in [0.2, 0.25) is 0 Å². The quantitative estimate of drug-likeness (QED) is 0.540. The van der Waals surface area contributed by atoms with Crippen LogP contribution >= 0.6 is 0 Å². The van der Waals surface area contributed by atoms with Gasteiger partial charge in [0.2, 0.25) is 0 Å². The predicted octanol–water partition coefficient (Wildman–Crippen LogP) is 0.768. The maximum absolute atomic E-state index is 11.4. The number of methoxy groups -OCH3 is 1. The van der Waals surface area contributed by atoms with Gasteiger partial charge < -0.3 is 20.1 Å². The Morgan fingerprint density at radius 2 is 2.28 bits per heavy atom. The lowest BCUT2D eigenvalue weighted by Crippen LogP contribution is -2.45. The molecule has 0 amide bonds. The second-order valence-corrected chi connectivity index (χ2v) is 5.36. The van der Waals surface area contributed by atoms with Gasteiger partial charge in [-0.05, 0) is 46.2 Å². The summed E-state index contributed by atoms with van der Waals surface area (Å²) in [5.74, 6) is -0.333. The molecule has 0 spiro atoms. The Morgan fingerprint density at radius 1 is 1.56 bits per heavy atom. The third kappa shape index (κ3) is 4.55. The lowest BCUT2D eigenvalue weighted by atomic mass is 9.96. The molecule has 0 saturated carbocycles. The third-order valence-corrected chi connectivity index (χ3v) is 3.64. The maximum atomic E-state index is 11.4. The molecule has 1 aliphatic rings. The summed E-state index contributed by atoms with van der Waals surface area (Å²) in [6.45, 7) is 4.46. The van der Waals surface area contributed by atoms with Gasteiger partial charge in [0.15, 0.2) is 0 Å². The molecule has 106 valence electrons. The summed E-state index contributed by atoms with van der Waals surface area (Å²) in [4.78, 5) is 13.7. The van der Waals surface area contributed by atoms with Crippen molar-refractivity contribution in [1.82, 2.24) is 4.90 Å². The molecule has 1 fully saturated rings. The highest BCUT2D eigenvalue weighted by atomic mass is 16.5. The van der Waals surface area contributed by atoms with E-state index in [1.165, 1.54) is 7.11 Å². The molecule has 0 bridgehead atoms. The zero-order chi connectivity index (χ0) is 13.6. The Morgan fingerprint density at radius 3 is 2.83 bits per heavy atom. The molecule has 1 rings (SSSR count). The van der Waals surface area contributed by atoms with Crippen LogP contribution in [0.15, 0.2) is 0 Å². The Bertz CT molecular complexity index is 263. The van der Waals surface area contributed by atoms with Crippen molar-refractivity contribution < 1.29 is 14.3 Å². The number of nitrogens with two attached hydrogens (primary N) is 1. The fraction of sp³-hybridized carbons (Fsp3) is 0.923. The first-order valence-electron chi connectivity index (χ1n) is 6.62. The summed E-state index contributed by atoms with van der Waals surface area (Å²) in [5.41, 5.74) is 5.04. The number of unbranched alkanes of at least 4 members (excludes halogenated alkanes) is 1. The van der Waals surface area contributed by atoms with E-state index < -0.39 is 5.54 Å². The number of ether oxygens (including phenoxy) is 2. The van der Waals surface area contributed by atoms with Gasteiger partial charge in [0.25, 0.3) is 0 Å². The van der Waals surface area contributed by atoms with E-state index in [9.17, 15) is 4.79 Å². The Balaban J connectivity index is 2.16. The molecule has 1 aliphatic heterocycles. The lowest BCUT2D eigenvalue weighted by Gasteiger charge is -2.24. The van der Waals surface area contributed by atoms with Crippen LogP contribution in [0.1, 0.15) is 32.6 Å². The number of rotatable bonds is 7. The number of carbonyl (C=O) groups is 1. The smallest absolute Gasteiger partial charge is 0.325 e. The molecule has 0 aromatic rings. The zero-order valence-electron chi connectivity index (χ0n) is 11.8. The van der Waals surface area contributed by atoms with Gasteiger partial charge in [0.05, 0.1) is 13.7 Å². The van der Waals surface area contributed by atoms with Gasteiger partial charge in [0, 0.05) is 12.6 Å². The van der Waals surface area contributed by atoms with Crippen molar-refractivity contribution in [3.63, 3.8) is 0 Å². The predicted molar refractivity (Wildman–Crippen MR) is 70.3 cm³/mol. The molecule has 0 aliphatic carbocycles. The summed E-state index contributed by atoms with van der Waals surface area (Å²) in [6.07, 6.45) is 3.75. The number of likely N-dealkylation sites (N-methyl/N-ethyl adjacent to an activating group) is 1. The van der Waals surface area contributed by atoms with E-state index in [-0.39, 0.29) is 5.97 Å². The van der Waals surface area contributed by atoms with E-state index in [0.717, 1.165) is 39.0 Å². The number of hydrogen-bond donors (Lipinski definition) is 1. The molecule has 1 saturated heterocycles. The second-order valence-electron chi connectivity index (χ2n) is 5.36. The SMILES string of the molecule is COC(=O)C(C)(N)CCCCN(C)C1CCOC1. The van der Waals surface area contributed by atoms with Crippen molar-refractivity contribution in [3.8, 4) is 0 Å². The average molecular weight is 258 g/mol. The molecular weight excluding hydrogens is 232 g/mol. The highest BCUT2D eigenvalue weighted by molar-refractivity contribution is 5.79. The van der Waals surface area contributed by atoms with Crippen LogP contribution in [0.5, 0.6) is 0 Å². The number of carbonyl (C=O) groups excluding carboxylic acids is 1. The minimum Gasteiger partial charge on any atom is -0.468 e. The zero-order valence-corrected chi connectivity index (χ0v) is 11.8. The van der Waals surface area contributed by atoms with E-state index >= 15 is 0 Å². The van der Waals surface area contributed by atoms with Crippen LogP contribution in [0.4, 0.5) is 0 Å². The molecule has 0 radical (unpaired) electrons. The number of hydrogen-bond acceptors (Lipinski definition) is 5. The van der Waals surface area contributed by atoms with Crippen LogP contribution in [0.25, 0.3) is 0 Å². The Kier molecular flexibility index (Phi) is 6.05. The van der Waals surface area contributed by atoms with Crippen molar-refractivity contribution in [1.29, 1.82) is 0 Å². The van der Waals surface area contributed by atoms with Crippen molar-refractivity contribution in [3.05, 3.63) is 0 Å². The maximum Gasteiger partial charge on any atom is 0.325 e. The van der Waals surface area contributed by atoms with Crippen LogP contribution in [0, 0.1) is 0 Å². The highest BCUT2D eigenvalue weighted by Crippen LogP contribution is 2.15. The van der Waals surface area contributed by atoms with E-state index in [1.807, 2.05) is 0 Å². The van der Waals surface area contributed by atoms with Crippen molar-refractivity contribution in [2.75, 3.05) is 33.9 Å². The van der Waals surface area contributed by atoms with Gasteiger partial charge in [-0.15, -0.1) is 0 Å². The fourth-order valence-electron chi connectivity index (χ4n) is 2.24.